The Hall–Kier alpha value is -2.47. The minimum absolute atomic E-state index is 0.0409. The highest BCUT2D eigenvalue weighted by molar-refractivity contribution is 5.55. The quantitative estimate of drug-likeness (QED) is 0.860. The van der Waals surface area contributed by atoms with Crippen molar-refractivity contribution in [1.29, 1.82) is 0 Å². The van der Waals surface area contributed by atoms with Crippen LogP contribution in [-0.2, 0) is 12.6 Å². The Morgan fingerprint density at radius 2 is 1.69 bits per heavy atom. The van der Waals surface area contributed by atoms with E-state index in [2.05, 4.69) is 5.32 Å². The van der Waals surface area contributed by atoms with E-state index in [4.69, 9.17) is 9.47 Å². The molecule has 0 aromatic heterocycles. The van der Waals surface area contributed by atoms with Crippen molar-refractivity contribution in [3.05, 3.63) is 64.7 Å². The van der Waals surface area contributed by atoms with E-state index < -0.39 is 11.7 Å². The van der Waals surface area contributed by atoms with Crippen LogP contribution in [0.4, 0.5) is 13.2 Å². The number of nitrogens with one attached hydrogen (secondary N) is 1. The molecule has 2 aromatic rings. The molecule has 1 heterocycles. The zero-order valence-corrected chi connectivity index (χ0v) is 14.6. The van der Waals surface area contributed by atoms with Gasteiger partial charge in [0.2, 0.25) is 0 Å². The molecule has 0 fully saturated rings. The van der Waals surface area contributed by atoms with Crippen LogP contribution in [0.3, 0.4) is 0 Å². The minimum atomic E-state index is -4.32. The molecule has 1 atom stereocenters. The smallest absolute Gasteiger partial charge is 0.416 e. The monoisotopic (exact) mass is 363 g/mol. The van der Waals surface area contributed by atoms with E-state index in [1.54, 1.807) is 14.2 Å². The molecule has 0 amide bonds. The number of hydrogen-bond donors (Lipinski definition) is 1. The van der Waals surface area contributed by atoms with Crippen molar-refractivity contribution in [1.82, 2.24) is 5.32 Å². The van der Waals surface area contributed by atoms with Gasteiger partial charge in [-0.3, -0.25) is 0 Å². The lowest BCUT2D eigenvalue weighted by Gasteiger charge is -2.26. The molecule has 3 nitrogen and oxygen atoms in total. The molecular weight excluding hydrogens is 343 g/mol. The number of ether oxygens (including phenoxy) is 2. The Morgan fingerprint density at radius 3 is 2.31 bits per heavy atom. The first kappa shape index (κ1) is 18.3. The van der Waals surface area contributed by atoms with Crippen LogP contribution in [0.1, 0.15) is 28.3 Å². The van der Waals surface area contributed by atoms with Gasteiger partial charge in [0.15, 0.2) is 11.5 Å². The van der Waals surface area contributed by atoms with Gasteiger partial charge in [0.25, 0.3) is 0 Å². The second-order valence-corrected chi connectivity index (χ2v) is 6.07. The van der Waals surface area contributed by atoms with Crippen LogP contribution in [0.5, 0.6) is 11.5 Å². The molecule has 0 aliphatic carbocycles. The largest absolute Gasteiger partial charge is 0.493 e. The summed E-state index contributed by atoms with van der Waals surface area (Å²) in [5.74, 6) is 1.35. The molecule has 1 N–H and O–H groups in total. The third kappa shape index (κ3) is 3.85. The molecule has 0 bridgehead atoms. The summed E-state index contributed by atoms with van der Waals surface area (Å²) in [5.41, 5.74) is 2.32. The highest BCUT2D eigenvalue weighted by atomic mass is 19.4. The second kappa shape index (κ2) is 7.41. The summed E-state index contributed by atoms with van der Waals surface area (Å²) in [6.45, 7) is 0.810. The number of halogens is 3. The van der Waals surface area contributed by atoms with E-state index in [0.717, 1.165) is 30.7 Å². The van der Waals surface area contributed by atoms with Crippen molar-refractivity contribution in [3.8, 4) is 11.5 Å². The zero-order valence-electron chi connectivity index (χ0n) is 14.6. The Balaban J connectivity index is 1.84. The Bertz CT molecular complexity index is 798. The molecular formula is C20H20F3NO2. The van der Waals surface area contributed by atoms with Gasteiger partial charge in [-0.2, -0.15) is 13.2 Å². The summed E-state index contributed by atoms with van der Waals surface area (Å²) in [4.78, 5) is 0. The second-order valence-electron chi connectivity index (χ2n) is 6.07. The lowest BCUT2D eigenvalue weighted by atomic mass is 9.93. The van der Waals surface area contributed by atoms with Crippen molar-refractivity contribution in [3.63, 3.8) is 0 Å². The summed E-state index contributed by atoms with van der Waals surface area (Å²) < 4.78 is 48.7. The summed E-state index contributed by atoms with van der Waals surface area (Å²) >= 11 is 0. The molecule has 1 aliphatic heterocycles. The van der Waals surface area contributed by atoms with Crippen molar-refractivity contribution in [2.75, 3.05) is 20.8 Å². The third-order valence-corrected chi connectivity index (χ3v) is 4.46. The molecule has 3 rings (SSSR count). The fraction of sp³-hybridized carbons (Fsp3) is 0.300. The summed E-state index contributed by atoms with van der Waals surface area (Å²) in [6.07, 6.45) is 0.332. The minimum Gasteiger partial charge on any atom is -0.493 e. The van der Waals surface area contributed by atoms with E-state index in [9.17, 15) is 13.2 Å². The van der Waals surface area contributed by atoms with Gasteiger partial charge in [0.05, 0.1) is 25.8 Å². The number of hydrogen-bond acceptors (Lipinski definition) is 3. The van der Waals surface area contributed by atoms with Crippen LogP contribution in [-0.4, -0.2) is 20.8 Å². The fourth-order valence-corrected chi connectivity index (χ4v) is 3.08. The zero-order chi connectivity index (χ0) is 18.7. The predicted molar refractivity (Wildman–Crippen MR) is 94.5 cm³/mol. The molecule has 1 aliphatic rings. The Kier molecular flexibility index (Phi) is 5.23. The van der Waals surface area contributed by atoms with Crippen molar-refractivity contribution in [2.24, 2.45) is 0 Å². The first-order valence-corrected chi connectivity index (χ1v) is 8.26. The van der Waals surface area contributed by atoms with Crippen LogP contribution >= 0.6 is 0 Å². The summed E-state index contributed by atoms with van der Waals surface area (Å²) in [6, 6.07) is 9.01. The van der Waals surface area contributed by atoms with Gasteiger partial charge in [-0.05, 0) is 47.4 Å². The molecule has 138 valence electrons. The lowest BCUT2D eigenvalue weighted by Crippen LogP contribution is -2.28. The topological polar surface area (TPSA) is 30.5 Å². The standard InChI is InChI=1S/C20H20F3NO2/c1-25-18-11-14-9-10-24-17(16(14)12-19(18)26-2)8-5-13-3-6-15(7-4-13)20(21,22)23/h3-8,11-12,17,24H,9-10H2,1-2H3/b8-5+/t17-/m0/s1. The van der Waals surface area contributed by atoms with Gasteiger partial charge in [0, 0.05) is 6.54 Å². The maximum Gasteiger partial charge on any atom is 0.416 e. The number of alkyl halides is 3. The molecule has 2 aromatic carbocycles. The van der Waals surface area contributed by atoms with Crippen LogP contribution in [0.15, 0.2) is 42.5 Å². The maximum atomic E-state index is 12.6. The summed E-state index contributed by atoms with van der Waals surface area (Å²) in [7, 11) is 3.20. The van der Waals surface area contributed by atoms with E-state index in [0.29, 0.717) is 17.1 Å². The van der Waals surface area contributed by atoms with Crippen LogP contribution in [0, 0.1) is 0 Å². The van der Waals surface area contributed by atoms with Gasteiger partial charge in [0.1, 0.15) is 0 Å². The predicted octanol–water partition coefficient (Wildman–Crippen LogP) is 4.62. The first-order chi connectivity index (χ1) is 12.4. The molecule has 0 unspecified atom stereocenters. The third-order valence-electron chi connectivity index (χ3n) is 4.46. The highest BCUT2D eigenvalue weighted by Gasteiger charge is 2.29. The molecule has 0 spiro atoms. The van der Waals surface area contributed by atoms with Gasteiger partial charge in [-0.25, -0.2) is 0 Å². The molecule has 0 saturated carbocycles. The van der Waals surface area contributed by atoms with Gasteiger partial charge >= 0.3 is 6.18 Å². The molecule has 0 radical (unpaired) electrons. The number of methoxy groups -OCH3 is 2. The maximum absolute atomic E-state index is 12.6. The van der Waals surface area contributed by atoms with E-state index >= 15 is 0 Å². The van der Waals surface area contributed by atoms with Crippen LogP contribution in [0.25, 0.3) is 6.08 Å². The van der Waals surface area contributed by atoms with Gasteiger partial charge in [-0.15, -0.1) is 0 Å². The van der Waals surface area contributed by atoms with E-state index in [-0.39, 0.29) is 6.04 Å². The van der Waals surface area contributed by atoms with Crippen molar-refractivity contribution >= 4 is 6.08 Å². The van der Waals surface area contributed by atoms with Crippen molar-refractivity contribution in [2.45, 2.75) is 18.6 Å². The summed E-state index contributed by atoms with van der Waals surface area (Å²) in [5, 5.41) is 3.41. The SMILES string of the molecule is COc1cc2c(cc1OC)[C@H](/C=C/c1ccc(C(F)(F)F)cc1)NCC2. The van der Waals surface area contributed by atoms with Crippen LogP contribution in [0.2, 0.25) is 0 Å². The normalized spacial score (nSPS) is 17.2. The van der Waals surface area contributed by atoms with Crippen LogP contribution < -0.4 is 14.8 Å². The lowest BCUT2D eigenvalue weighted by molar-refractivity contribution is -0.137. The molecule has 26 heavy (non-hydrogen) atoms. The molecule has 0 saturated heterocycles. The van der Waals surface area contributed by atoms with E-state index in [1.807, 2.05) is 24.3 Å². The Morgan fingerprint density at radius 1 is 1.04 bits per heavy atom. The first-order valence-electron chi connectivity index (χ1n) is 8.26. The Labute approximate surface area is 150 Å². The number of rotatable bonds is 4. The average Bonchev–Trinajstić information content (AvgIpc) is 2.64. The molecule has 6 heteroatoms. The highest BCUT2D eigenvalue weighted by Crippen LogP contribution is 2.36. The van der Waals surface area contributed by atoms with Gasteiger partial charge in [-0.1, -0.05) is 24.3 Å². The number of benzene rings is 2. The fourth-order valence-electron chi connectivity index (χ4n) is 3.08. The van der Waals surface area contributed by atoms with Crippen molar-refractivity contribution < 1.29 is 22.6 Å². The van der Waals surface area contributed by atoms with Gasteiger partial charge < -0.3 is 14.8 Å². The average molecular weight is 363 g/mol. The van der Waals surface area contributed by atoms with E-state index in [1.165, 1.54) is 17.7 Å². The number of fused-ring (bicyclic) bond motifs is 1.